The van der Waals surface area contributed by atoms with Gasteiger partial charge in [-0.1, -0.05) is 51.1 Å². The van der Waals surface area contributed by atoms with Crippen LogP contribution in [0.1, 0.15) is 42.3 Å². The largest absolute Gasteiger partial charge is 0.492 e. The number of methoxy groups -OCH3 is 1. The van der Waals surface area contributed by atoms with Gasteiger partial charge in [0.15, 0.2) is 5.75 Å². The minimum Gasteiger partial charge on any atom is -0.492 e. The number of nitrogens with zero attached hydrogens (tertiary/aromatic N) is 1. The molecule has 1 aliphatic rings. The first-order chi connectivity index (χ1) is 19.7. The number of halogens is 1. The van der Waals surface area contributed by atoms with E-state index in [0.717, 1.165) is 23.4 Å². The van der Waals surface area contributed by atoms with Crippen molar-refractivity contribution in [1.29, 1.82) is 0 Å². The smallest absolute Gasteiger partial charge is 0.270 e. The van der Waals surface area contributed by atoms with Gasteiger partial charge in [0.2, 0.25) is 10.0 Å². The van der Waals surface area contributed by atoms with E-state index in [4.69, 9.17) is 4.74 Å². The van der Waals surface area contributed by atoms with Gasteiger partial charge in [-0.2, -0.15) is 0 Å². The van der Waals surface area contributed by atoms with E-state index in [1.54, 1.807) is 12.1 Å². The van der Waals surface area contributed by atoms with Gasteiger partial charge in [-0.15, -0.1) is 5.53 Å². The summed E-state index contributed by atoms with van der Waals surface area (Å²) >= 11 is 0. The second-order valence-corrected chi connectivity index (χ2v) is 12.4. The summed E-state index contributed by atoms with van der Waals surface area (Å²) in [6.45, 7) is 6.14. The van der Waals surface area contributed by atoms with E-state index in [1.807, 2.05) is 51.1 Å². The summed E-state index contributed by atoms with van der Waals surface area (Å²) in [5.41, 5.74) is 7.29. The SMILES string of the molecule is COc1c(NC(=O)c2ccc(F)c(N3C=C(C(=O)NCc4ccccc4)NN3)c2)cc(C(C)(C)C)cc1NS(C)(=O)=O. The summed E-state index contributed by atoms with van der Waals surface area (Å²) in [7, 11) is -2.30. The van der Waals surface area contributed by atoms with Crippen LogP contribution in [0.5, 0.6) is 5.75 Å². The maximum Gasteiger partial charge on any atom is 0.270 e. The Hall–Kier alpha value is -4.62. The van der Waals surface area contributed by atoms with Gasteiger partial charge >= 0.3 is 0 Å². The van der Waals surface area contributed by atoms with Crippen molar-refractivity contribution in [3.63, 3.8) is 0 Å². The first kappa shape index (κ1) is 30.3. The number of rotatable bonds is 9. The van der Waals surface area contributed by atoms with Gasteiger partial charge in [0, 0.05) is 12.1 Å². The Bertz CT molecular complexity index is 1640. The zero-order valence-corrected chi connectivity index (χ0v) is 24.6. The van der Waals surface area contributed by atoms with Gasteiger partial charge in [-0.3, -0.25) is 24.7 Å². The van der Waals surface area contributed by atoms with Crippen LogP contribution in [0.4, 0.5) is 21.5 Å². The highest BCUT2D eigenvalue weighted by molar-refractivity contribution is 7.92. The molecule has 0 aliphatic carbocycles. The van der Waals surface area contributed by atoms with Crippen molar-refractivity contribution < 1.29 is 27.1 Å². The molecule has 1 aliphatic heterocycles. The van der Waals surface area contributed by atoms with Gasteiger partial charge in [0.1, 0.15) is 11.5 Å². The normalized spacial score (nSPS) is 13.2. The first-order valence-electron chi connectivity index (χ1n) is 12.9. The summed E-state index contributed by atoms with van der Waals surface area (Å²) in [5, 5.41) is 6.79. The molecule has 0 unspecified atom stereocenters. The van der Waals surface area contributed by atoms with Crippen LogP contribution in [0.3, 0.4) is 0 Å². The number of carbonyl (C=O) groups excluding carboxylic acids is 2. The molecule has 0 saturated heterocycles. The molecule has 222 valence electrons. The fourth-order valence-electron chi connectivity index (χ4n) is 4.12. The molecule has 11 nitrogen and oxygen atoms in total. The highest BCUT2D eigenvalue weighted by atomic mass is 32.2. The third-order valence-electron chi connectivity index (χ3n) is 6.28. The van der Waals surface area contributed by atoms with E-state index < -0.39 is 33.1 Å². The number of ether oxygens (including phenoxy) is 1. The number of amides is 2. The Morgan fingerprint density at radius 1 is 1.00 bits per heavy atom. The van der Waals surface area contributed by atoms with Crippen molar-refractivity contribution in [3.8, 4) is 5.75 Å². The molecule has 1 heterocycles. The number of hydrazine groups is 2. The van der Waals surface area contributed by atoms with Crippen LogP contribution in [0.15, 0.2) is 72.6 Å². The van der Waals surface area contributed by atoms with Crippen molar-refractivity contribution in [1.82, 2.24) is 16.3 Å². The van der Waals surface area contributed by atoms with Gasteiger partial charge < -0.3 is 15.4 Å². The van der Waals surface area contributed by atoms with Gasteiger partial charge in [0.05, 0.1) is 36.6 Å². The molecule has 13 heteroatoms. The second kappa shape index (κ2) is 12.1. The lowest BCUT2D eigenvalue weighted by Crippen LogP contribution is -2.39. The fraction of sp³-hybridized carbons (Fsp3) is 0.241. The number of nitrogens with one attached hydrogen (secondary N) is 5. The average molecular weight is 597 g/mol. The number of sulfonamides is 1. The molecule has 0 atom stereocenters. The summed E-state index contributed by atoms with van der Waals surface area (Å²) in [4.78, 5) is 26.0. The highest BCUT2D eigenvalue weighted by Gasteiger charge is 2.24. The van der Waals surface area contributed by atoms with E-state index in [-0.39, 0.29) is 34.1 Å². The first-order valence-corrected chi connectivity index (χ1v) is 14.8. The van der Waals surface area contributed by atoms with Gasteiger partial charge in [0.25, 0.3) is 11.8 Å². The maximum absolute atomic E-state index is 14.9. The van der Waals surface area contributed by atoms with Crippen LogP contribution in [-0.2, 0) is 26.8 Å². The van der Waals surface area contributed by atoms with Crippen LogP contribution in [0.25, 0.3) is 0 Å². The molecular weight excluding hydrogens is 563 g/mol. The summed E-state index contributed by atoms with van der Waals surface area (Å²) in [6, 6.07) is 16.5. The predicted molar refractivity (Wildman–Crippen MR) is 160 cm³/mol. The average Bonchev–Trinajstić information content (AvgIpc) is 3.41. The molecule has 2 amide bonds. The summed E-state index contributed by atoms with van der Waals surface area (Å²) in [5.74, 6) is -1.53. The second-order valence-electron chi connectivity index (χ2n) is 10.7. The lowest BCUT2D eigenvalue weighted by Gasteiger charge is -2.24. The Labute approximate surface area is 244 Å². The number of hydrogen-bond donors (Lipinski definition) is 5. The lowest BCUT2D eigenvalue weighted by atomic mass is 9.86. The molecule has 0 saturated carbocycles. The predicted octanol–water partition coefficient (Wildman–Crippen LogP) is 3.74. The highest BCUT2D eigenvalue weighted by Crippen LogP contribution is 2.39. The molecule has 0 radical (unpaired) electrons. The van der Waals surface area contributed by atoms with E-state index in [1.165, 1.54) is 30.5 Å². The molecule has 0 bridgehead atoms. The number of hydrogen-bond acceptors (Lipinski definition) is 8. The van der Waals surface area contributed by atoms with Crippen LogP contribution < -0.4 is 36.1 Å². The third kappa shape index (κ3) is 7.36. The van der Waals surface area contributed by atoms with Crippen molar-refractivity contribution in [2.24, 2.45) is 0 Å². The summed E-state index contributed by atoms with van der Waals surface area (Å²) in [6.07, 6.45) is 2.39. The quantitative estimate of drug-likeness (QED) is 0.252. The topological polar surface area (TPSA) is 141 Å². The summed E-state index contributed by atoms with van der Waals surface area (Å²) < 4.78 is 46.8. The van der Waals surface area contributed by atoms with Crippen LogP contribution in [0.2, 0.25) is 0 Å². The zero-order valence-electron chi connectivity index (χ0n) is 23.8. The number of benzene rings is 3. The van der Waals surface area contributed by atoms with E-state index in [9.17, 15) is 22.4 Å². The molecule has 42 heavy (non-hydrogen) atoms. The van der Waals surface area contributed by atoms with Crippen molar-refractivity contribution in [2.45, 2.75) is 32.7 Å². The Morgan fingerprint density at radius 2 is 1.69 bits per heavy atom. The van der Waals surface area contributed by atoms with Crippen molar-refractivity contribution in [2.75, 3.05) is 28.4 Å². The van der Waals surface area contributed by atoms with Gasteiger partial charge in [-0.05, 0) is 46.9 Å². The minimum absolute atomic E-state index is 0.0177. The molecule has 3 aromatic rings. The van der Waals surface area contributed by atoms with E-state index >= 15 is 0 Å². The molecule has 3 aromatic carbocycles. The molecule has 5 N–H and O–H groups in total. The molecular formula is C29H33FN6O5S. The van der Waals surface area contributed by atoms with E-state index in [2.05, 4.69) is 26.3 Å². The van der Waals surface area contributed by atoms with Crippen molar-refractivity contribution in [3.05, 3.63) is 95.1 Å². The van der Waals surface area contributed by atoms with Crippen LogP contribution >= 0.6 is 0 Å². The molecule has 0 aromatic heterocycles. The lowest BCUT2D eigenvalue weighted by molar-refractivity contribution is -0.118. The molecule has 0 fully saturated rings. The van der Waals surface area contributed by atoms with Crippen molar-refractivity contribution >= 4 is 38.9 Å². The van der Waals surface area contributed by atoms with Gasteiger partial charge in [-0.25, -0.2) is 12.8 Å². The Balaban J connectivity index is 1.57. The standard InChI is InChI=1S/C29H33FN6O5S/c1-29(2,3)20-14-22(26(41-4)23(15-20)34-42(5,39)40)32-27(37)19-11-12-21(30)25(13-19)36-17-24(33-35-36)28(38)31-16-18-9-7-6-8-10-18/h6-15,17,33-35H,16H2,1-5H3,(H,31,38)(H,32,37). The number of anilines is 3. The monoisotopic (exact) mass is 596 g/mol. The maximum atomic E-state index is 14.9. The Kier molecular flexibility index (Phi) is 8.73. The number of carbonyl (C=O) groups is 2. The fourth-order valence-corrected chi connectivity index (χ4v) is 4.67. The van der Waals surface area contributed by atoms with E-state index in [0.29, 0.717) is 6.54 Å². The third-order valence-corrected chi connectivity index (χ3v) is 6.87. The van der Waals surface area contributed by atoms with Crippen LogP contribution in [0, 0.1) is 5.82 Å². The molecule has 4 rings (SSSR count). The zero-order chi connectivity index (χ0) is 30.7. The molecule has 0 spiro atoms. The Morgan fingerprint density at radius 3 is 2.33 bits per heavy atom. The minimum atomic E-state index is -3.65. The van der Waals surface area contributed by atoms with Crippen LogP contribution in [-0.4, -0.2) is 33.6 Å².